The number of amides is 1. The summed E-state index contributed by atoms with van der Waals surface area (Å²) in [6, 6.07) is -0.613. The largest absolute Gasteiger partial charge is 1.00 e. The van der Waals surface area contributed by atoms with Gasteiger partial charge in [-0.15, -0.1) is 0 Å². The van der Waals surface area contributed by atoms with Crippen LogP contribution in [-0.4, -0.2) is 30.7 Å². The van der Waals surface area contributed by atoms with Gasteiger partial charge in [0.15, 0.2) is 0 Å². The Hall–Kier alpha value is 0.756. The molecule has 1 N–H and O–H groups in total. The molecule has 7 heteroatoms. The number of nitrogens with one attached hydrogen (secondary N) is 1. The van der Waals surface area contributed by atoms with Crippen molar-refractivity contribution in [3.05, 3.63) is 12.7 Å². The van der Waals surface area contributed by atoms with Gasteiger partial charge in [0, 0.05) is 6.04 Å². The van der Waals surface area contributed by atoms with Gasteiger partial charge in [-0.3, -0.25) is 4.79 Å². The number of rotatable bonds is 13. The molecule has 0 aromatic carbocycles. The summed E-state index contributed by atoms with van der Waals surface area (Å²) in [6.07, 6.45) is 10.7. The van der Waals surface area contributed by atoms with Crippen molar-refractivity contribution in [2.24, 2.45) is 0 Å². The normalized spacial score (nSPS) is 12.3. The van der Waals surface area contributed by atoms with E-state index >= 15 is 0 Å². The second-order valence-corrected chi connectivity index (χ2v) is 6.85. The summed E-state index contributed by atoms with van der Waals surface area (Å²) in [6.45, 7) is 5.50. The fourth-order valence-electron chi connectivity index (χ4n) is 2.23. The fourth-order valence-corrected chi connectivity index (χ4v) is 2.97. The number of carbonyl (C=O) groups excluding carboxylic acids is 1. The van der Waals surface area contributed by atoms with Gasteiger partial charge < -0.3 is 9.87 Å². The van der Waals surface area contributed by atoms with Crippen LogP contribution in [0.2, 0.25) is 0 Å². The van der Waals surface area contributed by atoms with E-state index in [9.17, 15) is 17.8 Å². The Bertz CT molecular complexity index is 398. The molecule has 0 heterocycles. The monoisotopic (exact) mass is 357 g/mol. The molecule has 0 spiro atoms. The van der Waals surface area contributed by atoms with Gasteiger partial charge in [0.05, 0.1) is 15.9 Å². The zero-order valence-electron chi connectivity index (χ0n) is 14.0. The van der Waals surface area contributed by atoms with Gasteiger partial charge in [-0.2, -0.15) is 0 Å². The molecule has 1 amide bonds. The Kier molecular flexibility index (Phi) is 17.4. The minimum absolute atomic E-state index is 0. The van der Waals surface area contributed by atoms with E-state index in [-0.39, 0.29) is 51.4 Å². The first kappa shape index (κ1) is 25.0. The summed E-state index contributed by atoms with van der Waals surface area (Å²) in [4.78, 5) is 11.2. The summed E-state index contributed by atoms with van der Waals surface area (Å²) < 4.78 is 32.4. The van der Waals surface area contributed by atoms with E-state index in [4.69, 9.17) is 0 Å². The second-order valence-electron chi connectivity index (χ2n) is 5.40. The molecular weight excluding hydrogens is 329 g/mol. The van der Waals surface area contributed by atoms with Crippen molar-refractivity contribution in [2.45, 2.75) is 70.8 Å². The maximum atomic E-state index is 11.2. The van der Waals surface area contributed by atoms with E-state index < -0.39 is 27.8 Å². The van der Waals surface area contributed by atoms with Crippen molar-refractivity contribution in [3.8, 4) is 0 Å². The van der Waals surface area contributed by atoms with E-state index in [0.29, 0.717) is 6.42 Å². The van der Waals surface area contributed by atoms with Gasteiger partial charge in [0.25, 0.3) is 0 Å². The number of unbranched alkanes of at least 4 members (excludes halogenated alkanes) is 7. The molecule has 0 radical (unpaired) electrons. The SMILES string of the molecule is C=CC(=O)NC(CCCCCCCCCC)CS(=O)(=O)[O-].[K+]. The van der Waals surface area contributed by atoms with Gasteiger partial charge in [-0.25, -0.2) is 8.42 Å². The summed E-state index contributed by atoms with van der Waals surface area (Å²) in [5.41, 5.74) is 0. The maximum absolute atomic E-state index is 11.2. The van der Waals surface area contributed by atoms with Gasteiger partial charge in [0.2, 0.25) is 5.91 Å². The molecule has 0 bridgehead atoms. The molecule has 0 saturated carbocycles. The average Bonchev–Trinajstić information content (AvgIpc) is 2.39. The Labute approximate surface area is 177 Å². The molecule has 0 aromatic rings. The number of carbonyl (C=O) groups is 1. The minimum atomic E-state index is -4.33. The van der Waals surface area contributed by atoms with E-state index in [1.807, 2.05) is 0 Å². The molecule has 124 valence electrons. The first-order valence-electron chi connectivity index (χ1n) is 7.75. The molecule has 0 saturated heterocycles. The van der Waals surface area contributed by atoms with Gasteiger partial charge in [0.1, 0.15) is 0 Å². The minimum Gasteiger partial charge on any atom is -0.748 e. The smallest absolute Gasteiger partial charge is 0.748 e. The topological polar surface area (TPSA) is 86.3 Å². The molecule has 0 aliphatic carbocycles. The van der Waals surface area contributed by atoms with E-state index in [1.165, 1.54) is 32.1 Å². The summed E-state index contributed by atoms with van der Waals surface area (Å²) in [5.74, 6) is -0.994. The quantitative estimate of drug-likeness (QED) is 0.213. The van der Waals surface area contributed by atoms with E-state index in [1.54, 1.807) is 0 Å². The number of hydrogen-bond acceptors (Lipinski definition) is 4. The molecule has 22 heavy (non-hydrogen) atoms. The predicted molar refractivity (Wildman–Crippen MR) is 83.9 cm³/mol. The Morgan fingerprint density at radius 2 is 1.64 bits per heavy atom. The van der Waals surface area contributed by atoms with Crippen LogP contribution in [0.4, 0.5) is 0 Å². The van der Waals surface area contributed by atoms with Gasteiger partial charge >= 0.3 is 51.4 Å². The third-order valence-corrected chi connectivity index (χ3v) is 4.15. The summed E-state index contributed by atoms with van der Waals surface area (Å²) in [5, 5.41) is 2.51. The van der Waals surface area contributed by atoms with Crippen LogP contribution >= 0.6 is 0 Å². The van der Waals surface area contributed by atoms with Crippen molar-refractivity contribution in [1.29, 1.82) is 0 Å². The van der Waals surface area contributed by atoms with Gasteiger partial charge in [-0.1, -0.05) is 64.9 Å². The predicted octanol–water partition coefficient (Wildman–Crippen LogP) is -0.263. The molecule has 0 aliphatic heterocycles. The van der Waals surface area contributed by atoms with Crippen LogP contribution in [0.5, 0.6) is 0 Å². The van der Waals surface area contributed by atoms with Crippen LogP contribution in [0.25, 0.3) is 0 Å². The van der Waals surface area contributed by atoms with Crippen molar-refractivity contribution in [2.75, 3.05) is 5.75 Å². The Balaban J connectivity index is 0. The van der Waals surface area contributed by atoms with E-state index in [0.717, 1.165) is 25.3 Å². The fraction of sp³-hybridized carbons (Fsp3) is 0.800. The number of hydrogen-bond donors (Lipinski definition) is 1. The van der Waals surface area contributed by atoms with Crippen LogP contribution in [0.15, 0.2) is 12.7 Å². The maximum Gasteiger partial charge on any atom is 1.00 e. The van der Waals surface area contributed by atoms with Crippen molar-refractivity contribution < 1.29 is 69.1 Å². The Morgan fingerprint density at radius 1 is 1.14 bits per heavy atom. The van der Waals surface area contributed by atoms with Crippen LogP contribution in [0.3, 0.4) is 0 Å². The van der Waals surface area contributed by atoms with E-state index in [2.05, 4.69) is 18.8 Å². The molecule has 0 aromatic heterocycles. The second kappa shape index (κ2) is 15.3. The molecule has 1 unspecified atom stereocenters. The van der Waals surface area contributed by atoms with Gasteiger partial charge in [-0.05, 0) is 12.5 Å². The molecule has 0 aliphatic rings. The summed E-state index contributed by atoms with van der Waals surface area (Å²) in [7, 11) is -4.33. The zero-order valence-corrected chi connectivity index (χ0v) is 17.9. The van der Waals surface area contributed by atoms with Crippen LogP contribution in [0.1, 0.15) is 64.7 Å². The molecular formula is C15H28KNO4S. The third kappa shape index (κ3) is 17.1. The first-order valence-corrected chi connectivity index (χ1v) is 9.33. The van der Waals surface area contributed by atoms with Crippen molar-refractivity contribution in [1.82, 2.24) is 5.32 Å². The molecule has 0 rings (SSSR count). The summed E-state index contributed by atoms with van der Waals surface area (Å²) >= 11 is 0. The Morgan fingerprint density at radius 3 is 2.09 bits per heavy atom. The standard InChI is InChI=1S/C15H29NO4S.K/c1-3-5-6-7-8-9-10-11-12-14(13-21(18,19)20)16-15(17)4-2;/h4,14H,2-3,5-13H2,1H3,(H,16,17)(H,18,19,20);/q;+1/p-1. The average molecular weight is 358 g/mol. The van der Waals surface area contributed by atoms with Crippen molar-refractivity contribution in [3.63, 3.8) is 0 Å². The molecule has 5 nitrogen and oxygen atoms in total. The van der Waals surface area contributed by atoms with Crippen LogP contribution < -0.4 is 56.7 Å². The van der Waals surface area contributed by atoms with Crippen LogP contribution in [-0.2, 0) is 14.9 Å². The van der Waals surface area contributed by atoms with Crippen molar-refractivity contribution >= 4 is 16.0 Å². The molecule has 0 fully saturated rings. The molecule has 1 atom stereocenters. The third-order valence-electron chi connectivity index (χ3n) is 3.34. The van der Waals surface area contributed by atoms with Crippen LogP contribution in [0, 0.1) is 0 Å². The zero-order chi connectivity index (χ0) is 16.1. The first-order chi connectivity index (χ1) is 9.89.